The van der Waals surface area contributed by atoms with Crippen LogP contribution in [-0.2, 0) is 24.1 Å². The highest BCUT2D eigenvalue weighted by Crippen LogP contribution is 2.28. The summed E-state index contributed by atoms with van der Waals surface area (Å²) >= 11 is 0. The highest BCUT2D eigenvalue weighted by molar-refractivity contribution is 7.92. The zero-order valence-electron chi connectivity index (χ0n) is 15.8. The Morgan fingerprint density at radius 3 is 1.85 bits per heavy atom. The molecule has 0 spiro atoms. The van der Waals surface area contributed by atoms with Crippen molar-refractivity contribution in [2.24, 2.45) is 14.1 Å². The first-order valence-corrected chi connectivity index (χ1v) is 9.78. The second kappa shape index (κ2) is 6.02. The zero-order valence-corrected chi connectivity index (χ0v) is 16.7. The third-order valence-corrected chi connectivity index (χ3v) is 6.41. The van der Waals surface area contributed by atoms with Crippen LogP contribution in [-0.4, -0.2) is 17.6 Å². The number of anilines is 1. The van der Waals surface area contributed by atoms with E-state index in [0.717, 1.165) is 16.6 Å². The molecule has 7 heteroatoms. The third-order valence-electron chi connectivity index (χ3n) is 4.74. The number of nitrogens with zero attached hydrogens (tertiary/aromatic N) is 2. The van der Waals surface area contributed by atoms with Crippen LogP contribution in [0.15, 0.2) is 34.0 Å². The quantitative estimate of drug-likeness (QED) is 0.767. The van der Waals surface area contributed by atoms with Crippen LogP contribution in [0.5, 0.6) is 0 Å². The molecule has 3 aromatic rings. The van der Waals surface area contributed by atoms with Gasteiger partial charge in [0.25, 0.3) is 10.0 Å². The number of hydrogen-bond donors (Lipinski definition) is 1. The minimum absolute atomic E-state index is 0.148. The van der Waals surface area contributed by atoms with Gasteiger partial charge >= 0.3 is 5.69 Å². The number of fused-ring (bicyclic) bond motifs is 1. The maximum absolute atomic E-state index is 13.0. The maximum atomic E-state index is 13.0. The van der Waals surface area contributed by atoms with Crippen molar-refractivity contribution in [3.63, 3.8) is 0 Å². The van der Waals surface area contributed by atoms with E-state index < -0.39 is 10.0 Å². The molecule has 26 heavy (non-hydrogen) atoms. The van der Waals surface area contributed by atoms with E-state index in [4.69, 9.17) is 0 Å². The minimum atomic E-state index is -3.74. The van der Waals surface area contributed by atoms with E-state index in [9.17, 15) is 13.2 Å². The summed E-state index contributed by atoms with van der Waals surface area (Å²) in [5, 5.41) is 0. The first kappa shape index (κ1) is 18.3. The van der Waals surface area contributed by atoms with Gasteiger partial charge in [0.2, 0.25) is 0 Å². The van der Waals surface area contributed by atoms with Crippen molar-refractivity contribution in [2.45, 2.75) is 32.6 Å². The molecule has 1 heterocycles. The van der Waals surface area contributed by atoms with E-state index in [1.165, 1.54) is 4.57 Å². The lowest BCUT2D eigenvalue weighted by atomic mass is 10.1. The van der Waals surface area contributed by atoms with Crippen molar-refractivity contribution in [2.75, 3.05) is 4.72 Å². The molecular formula is C19H23N3O3S. The highest BCUT2D eigenvalue weighted by Gasteiger charge is 2.21. The van der Waals surface area contributed by atoms with Crippen molar-refractivity contribution in [3.05, 3.63) is 57.0 Å². The fourth-order valence-electron chi connectivity index (χ4n) is 3.55. The fourth-order valence-corrected chi connectivity index (χ4v) is 5.12. The van der Waals surface area contributed by atoms with Crippen LogP contribution in [0.1, 0.15) is 22.3 Å². The second-order valence-electron chi connectivity index (χ2n) is 6.89. The number of aromatic nitrogens is 2. The van der Waals surface area contributed by atoms with Gasteiger partial charge in [-0.25, -0.2) is 13.2 Å². The van der Waals surface area contributed by atoms with Crippen LogP contribution in [0.25, 0.3) is 11.0 Å². The van der Waals surface area contributed by atoms with E-state index >= 15 is 0 Å². The molecule has 1 N–H and O–H groups in total. The Labute approximate surface area is 153 Å². The number of imidazole rings is 1. The van der Waals surface area contributed by atoms with Gasteiger partial charge in [0.05, 0.1) is 21.6 Å². The molecule has 0 aliphatic rings. The smallest absolute Gasteiger partial charge is 0.295 e. The summed E-state index contributed by atoms with van der Waals surface area (Å²) in [6.45, 7) is 7.36. The summed E-state index contributed by atoms with van der Waals surface area (Å²) in [5.41, 5.74) is 4.96. The van der Waals surface area contributed by atoms with Crippen LogP contribution < -0.4 is 10.4 Å². The van der Waals surface area contributed by atoms with Crippen molar-refractivity contribution in [1.82, 2.24) is 9.13 Å². The molecule has 0 radical (unpaired) electrons. The predicted molar refractivity (Wildman–Crippen MR) is 104 cm³/mol. The molecule has 138 valence electrons. The van der Waals surface area contributed by atoms with Gasteiger partial charge in [0.15, 0.2) is 0 Å². The summed E-state index contributed by atoms with van der Waals surface area (Å²) < 4.78 is 31.8. The largest absolute Gasteiger partial charge is 0.328 e. The Morgan fingerprint density at radius 1 is 0.808 bits per heavy atom. The standard InChI is InChI=1S/C19H23N3O3S/c1-11-7-13(3)18(14(4)8-11)26(24,25)20-15-10-17-16(9-12(15)2)21(5)19(23)22(17)6/h7-10,20H,1-6H3. The molecule has 0 aliphatic heterocycles. The normalized spacial score (nSPS) is 11.9. The van der Waals surface area contributed by atoms with Crippen LogP contribution in [0, 0.1) is 27.7 Å². The number of sulfonamides is 1. The minimum Gasteiger partial charge on any atom is -0.295 e. The molecule has 2 aromatic carbocycles. The molecule has 0 aliphatic carbocycles. The molecule has 6 nitrogen and oxygen atoms in total. The van der Waals surface area contributed by atoms with E-state index in [1.807, 2.05) is 32.0 Å². The molecule has 0 amide bonds. The Morgan fingerprint density at radius 2 is 1.31 bits per heavy atom. The second-order valence-corrected chi connectivity index (χ2v) is 8.51. The summed E-state index contributed by atoms with van der Waals surface area (Å²) in [6.07, 6.45) is 0. The van der Waals surface area contributed by atoms with Gasteiger partial charge in [-0.2, -0.15) is 0 Å². The summed E-state index contributed by atoms with van der Waals surface area (Å²) in [4.78, 5) is 12.4. The number of hydrogen-bond acceptors (Lipinski definition) is 3. The highest BCUT2D eigenvalue weighted by atomic mass is 32.2. The van der Waals surface area contributed by atoms with Gasteiger partial charge in [-0.15, -0.1) is 0 Å². The average Bonchev–Trinajstić information content (AvgIpc) is 2.71. The molecule has 1 aromatic heterocycles. The van der Waals surface area contributed by atoms with E-state index in [-0.39, 0.29) is 5.69 Å². The Bertz CT molecular complexity index is 1180. The van der Waals surface area contributed by atoms with Crippen LogP contribution >= 0.6 is 0 Å². The molecule has 0 saturated carbocycles. The molecule has 3 rings (SSSR count). The SMILES string of the molecule is Cc1cc(C)c(S(=O)(=O)Nc2cc3c(cc2C)n(C)c(=O)n3C)c(C)c1. The Hall–Kier alpha value is -2.54. The Balaban J connectivity index is 2.16. The van der Waals surface area contributed by atoms with Crippen LogP contribution in [0.3, 0.4) is 0 Å². The van der Waals surface area contributed by atoms with Crippen molar-refractivity contribution < 1.29 is 8.42 Å². The summed E-state index contributed by atoms with van der Waals surface area (Å²) in [7, 11) is -0.368. The predicted octanol–water partition coefficient (Wildman–Crippen LogP) is 2.91. The molecule has 0 saturated heterocycles. The van der Waals surface area contributed by atoms with Crippen molar-refractivity contribution >= 4 is 26.7 Å². The lowest BCUT2D eigenvalue weighted by Gasteiger charge is -2.15. The van der Waals surface area contributed by atoms with Gasteiger partial charge in [0, 0.05) is 14.1 Å². The lowest BCUT2D eigenvalue weighted by Crippen LogP contribution is -2.19. The molecule has 0 fully saturated rings. The van der Waals surface area contributed by atoms with Crippen LogP contribution in [0.2, 0.25) is 0 Å². The first-order chi connectivity index (χ1) is 12.0. The van der Waals surface area contributed by atoms with Crippen molar-refractivity contribution in [1.29, 1.82) is 0 Å². The molecular weight excluding hydrogens is 350 g/mol. The average molecular weight is 373 g/mol. The summed E-state index contributed by atoms with van der Waals surface area (Å²) in [5.74, 6) is 0. The maximum Gasteiger partial charge on any atom is 0.328 e. The zero-order chi connectivity index (χ0) is 19.4. The fraction of sp³-hybridized carbons (Fsp3) is 0.316. The molecule has 0 unspecified atom stereocenters. The van der Waals surface area contributed by atoms with Gasteiger partial charge in [-0.1, -0.05) is 17.7 Å². The lowest BCUT2D eigenvalue weighted by molar-refractivity contribution is 0.600. The van der Waals surface area contributed by atoms with E-state index in [0.29, 0.717) is 27.2 Å². The van der Waals surface area contributed by atoms with Gasteiger partial charge in [-0.3, -0.25) is 13.9 Å². The van der Waals surface area contributed by atoms with E-state index in [1.54, 1.807) is 38.6 Å². The number of benzene rings is 2. The monoisotopic (exact) mass is 373 g/mol. The summed E-state index contributed by atoms with van der Waals surface area (Å²) in [6, 6.07) is 7.25. The third kappa shape index (κ3) is 2.82. The van der Waals surface area contributed by atoms with Gasteiger partial charge in [-0.05, 0) is 56.5 Å². The van der Waals surface area contributed by atoms with Crippen LogP contribution in [0.4, 0.5) is 5.69 Å². The molecule has 0 bridgehead atoms. The number of rotatable bonds is 3. The Kier molecular flexibility index (Phi) is 4.23. The van der Waals surface area contributed by atoms with Crippen molar-refractivity contribution in [3.8, 4) is 0 Å². The first-order valence-electron chi connectivity index (χ1n) is 8.29. The van der Waals surface area contributed by atoms with Gasteiger partial charge < -0.3 is 0 Å². The van der Waals surface area contributed by atoms with E-state index in [2.05, 4.69) is 4.72 Å². The number of nitrogens with one attached hydrogen (secondary N) is 1. The molecule has 0 atom stereocenters. The topological polar surface area (TPSA) is 73.1 Å². The van der Waals surface area contributed by atoms with Gasteiger partial charge in [0.1, 0.15) is 0 Å². The number of aryl methyl sites for hydroxylation is 6.